The van der Waals surface area contributed by atoms with Gasteiger partial charge in [0.2, 0.25) is 5.95 Å². The van der Waals surface area contributed by atoms with Crippen LogP contribution in [0.25, 0.3) is 5.82 Å². The molecule has 30 heavy (non-hydrogen) atoms. The number of hydrogen-bond acceptors (Lipinski definition) is 6. The van der Waals surface area contributed by atoms with E-state index in [2.05, 4.69) is 19.8 Å². The van der Waals surface area contributed by atoms with Crippen molar-refractivity contribution in [2.45, 2.75) is 24.2 Å². The number of aromatic nitrogens is 4. The Morgan fingerprint density at radius 1 is 1.20 bits per heavy atom. The van der Waals surface area contributed by atoms with Gasteiger partial charge in [-0.15, -0.1) is 0 Å². The van der Waals surface area contributed by atoms with Gasteiger partial charge in [0.05, 0.1) is 0 Å². The lowest BCUT2D eigenvalue weighted by atomic mass is 10.1. The summed E-state index contributed by atoms with van der Waals surface area (Å²) in [5, 5.41) is 3.91. The smallest absolute Gasteiger partial charge is 0.381 e. The zero-order chi connectivity index (χ0) is 22.7. The number of hydrogen-bond donors (Lipinski definition) is 0. The molecule has 0 aromatic carbocycles. The number of halogens is 8. The molecule has 0 saturated heterocycles. The van der Waals surface area contributed by atoms with Gasteiger partial charge in [-0.1, -0.05) is 0 Å². The van der Waals surface area contributed by atoms with Crippen molar-refractivity contribution in [2.24, 2.45) is 0 Å². The van der Waals surface area contributed by atoms with E-state index in [0.717, 1.165) is 4.90 Å². The fourth-order valence-corrected chi connectivity index (χ4v) is 2.01. The summed E-state index contributed by atoms with van der Waals surface area (Å²) < 4.78 is 108. The second-order valence-electron chi connectivity index (χ2n) is 5.88. The standard InChI is InChI=1S/C15H13F8N5O2/c1-27(12-24-5-3-9(26-12)28-6-2-4-25-28)7-10(29)30-8-13(18,19)15(22,23)14(20,21)11(16)17/h2-6,11H,7-8H2,1H3. The van der Waals surface area contributed by atoms with Gasteiger partial charge < -0.3 is 9.64 Å². The average Bonchev–Trinajstić information content (AvgIpc) is 3.21. The monoisotopic (exact) mass is 447 g/mol. The third kappa shape index (κ3) is 4.59. The Kier molecular flexibility index (Phi) is 6.51. The van der Waals surface area contributed by atoms with Gasteiger partial charge in [0.1, 0.15) is 6.54 Å². The molecule has 2 aromatic heterocycles. The Hall–Kier alpha value is -3.00. The van der Waals surface area contributed by atoms with Crippen LogP contribution in [0, 0.1) is 0 Å². The number of carbonyl (C=O) groups is 1. The predicted octanol–water partition coefficient (Wildman–Crippen LogP) is 2.81. The molecule has 2 heterocycles. The molecule has 0 aliphatic heterocycles. The highest BCUT2D eigenvalue weighted by Crippen LogP contribution is 2.48. The first-order chi connectivity index (χ1) is 13.8. The van der Waals surface area contributed by atoms with Crippen molar-refractivity contribution < 1.29 is 44.7 Å². The van der Waals surface area contributed by atoms with Crippen molar-refractivity contribution >= 4 is 11.9 Å². The minimum absolute atomic E-state index is 0.110. The molecular formula is C15H13F8N5O2. The number of likely N-dealkylation sites (N-methyl/N-ethyl adjacent to an activating group) is 1. The zero-order valence-electron chi connectivity index (χ0n) is 15.0. The summed E-state index contributed by atoms with van der Waals surface area (Å²) in [5.41, 5.74) is 0. The van der Waals surface area contributed by atoms with E-state index in [1.165, 1.54) is 36.4 Å². The van der Waals surface area contributed by atoms with E-state index in [-0.39, 0.29) is 11.8 Å². The van der Waals surface area contributed by atoms with Gasteiger partial charge in [0, 0.05) is 31.7 Å². The van der Waals surface area contributed by atoms with E-state index in [0.29, 0.717) is 0 Å². The highest BCUT2D eigenvalue weighted by Gasteiger charge is 2.75. The number of rotatable bonds is 9. The van der Waals surface area contributed by atoms with Gasteiger partial charge in [-0.2, -0.15) is 36.4 Å². The molecule has 0 radical (unpaired) electrons. The van der Waals surface area contributed by atoms with Crippen molar-refractivity contribution in [1.29, 1.82) is 0 Å². The first kappa shape index (κ1) is 23.3. The van der Waals surface area contributed by atoms with Crippen LogP contribution in [-0.4, -0.2) is 70.1 Å². The zero-order valence-corrected chi connectivity index (χ0v) is 15.0. The van der Waals surface area contributed by atoms with E-state index in [1.807, 2.05) is 0 Å². The van der Waals surface area contributed by atoms with Crippen LogP contribution in [0.5, 0.6) is 0 Å². The molecule has 0 atom stereocenters. The van der Waals surface area contributed by atoms with Crippen LogP contribution in [0.1, 0.15) is 0 Å². The van der Waals surface area contributed by atoms with Crippen LogP contribution in [0.3, 0.4) is 0 Å². The summed E-state index contributed by atoms with van der Waals surface area (Å²) in [4.78, 5) is 20.5. The number of carbonyl (C=O) groups excluding carboxylic acids is 1. The SMILES string of the molecule is CN(CC(=O)OCC(F)(F)C(F)(F)C(F)(F)C(F)F)c1nccc(-n2cccn2)n1. The average molecular weight is 447 g/mol. The first-order valence-electron chi connectivity index (χ1n) is 7.91. The summed E-state index contributed by atoms with van der Waals surface area (Å²) in [5.74, 6) is -19.9. The van der Waals surface area contributed by atoms with Crippen LogP contribution in [0.4, 0.5) is 41.1 Å². The number of esters is 1. The lowest BCUT2D eigenvalue weighted by molar-refractivity contribution is -0.344. The molecule has 0 aliphatic rings. The van der Waals surface area contributed by atoms with Gasteiger partial charge in [0.25, 0.3) is 0 Å². The topological polar surface area (TPSA) is 73.1 Å². The quantitative estimate of drug-likeness (QED) is 0.435. The van der Waals surface area contributed by atoms with Crippen molar-refractivity contribution in [3.05, 3.63) is 30.7 Å². The van der Waals surface area contributed by atoms with E-state index < -0.39 is 43.3 Å². The van der Waals surface area contributed by atoms with Crippen molar-refractivity contribution in [1.82, 2.24) is 19.7 Å². The molecule has 2 rings (SSSR count). The van der Waals surface area contributed by atoms with Crippen LogP contribution in [-0.2, 0) is 9.53 Å². The molecule has 0 fully saturated rings. The summed E-state index contributed by atoms with van der Waals surface area (Å²) in [7, 11) is 1.22. The lowest BCUT2D eigenvalue weighted by Gasteiger charge is -2.31. The van der Waals surface area contributed by atoms with Crippen molar-refractivity contribution in [3.8, 4) is 5.82 Å². The largest absolute Gasteiger partial charge is 0.458 e. The molecular weight excluding hydrogens is 434 g/mol. The van der Waals surface area contributed by atoms with Gasteiger partial charge in [-0.05, 0) is 6.07 Å². The summed E-state index contributed by atoms with van der Waals surface area (Å²) in [6.07, 6.45) is -0.782. The summed E-state index contributed by atoms with van der Waals surface area (Å²) in [6.45, 7) is -3.38. The Morgan fingerprint density at radius 3 is 2.43 bits per heavy atom. The maximum atomic E-state index is 13.4. The molecule has 0 N–H and O–H groups in total. The van der Waals surface area contributed by atoms with Crippen LogP contribution >= 0.6 is 0 Å². The Balaban J connectivity index is 2.01. The number of alkyl halides is 8. The molecule has 0 aliphatic carbocycles. The summed E-state index contributed by atoms with van der Waals surface area (Å²) in [6, 6.07) is 3.05. The number of anilines is 1. The predicted molar refractivity (Wildman–Crippen MR) is 84.2 cm³/mol. The van der Waals surface area contributed by atoms with Crippen LogP contribution < -0.4 is 4.90 Å². The normalized spacial score (nSPS) is 12.9. The van der Waals surface area contributed by atoms with Crippen molar-refractivity contribution in [3.63, 3.8) is 0 Å². The van der Waals surface area contributed by atoms with E-state index in [9.17, 15) is 39.9 Å². The first-order valence-corrected chi connectivity index (χ1v) is 7.91. The third-order valence-corrected chi connectivity index (χ3v) is 3.64. The Morgan fingerprint density at radius 2 is 1.87 bits per heavy atom. The molecule has 0 saturated carbocycles. The van der Waals surface area contributed by atoms with E-state index in [4.69, 9.17) is 0 Å². The second-order valence-corrected chi connectivity index (χ2v) is 5.88. The molecule has 0 unspecified atom stereocenters. The minimum Gasteiger partial charge on any atom is -0.458 e. The molecule has 7 nitrogen and oxygen atoms in total. The van der Waals surface area contributed by atoms with Crippen LogP contribution in [0.2, 0.25) is 0 Å². The van der Waals surface area contributed by atoms with E-state index in [1.54, 1.807) is 6.07 Å². The maximum absolute atomic E-state index is 13.4. The molecule has 15 heteroatoms. The van der Waals surface area contributed by atoms with E-state index >= 15 is 0 Å². The highest BCUT2D eigenvalue weighted by atomic mass is 19.4. The molecule has 2 aromatic rings. The minimum atomic E-state index is -6.46. The highest BCUT2D eigenvalue weighted by molar-refractivity contribution is 5.74. The molecule has 0 spiro atoms. The fraction of sp³-hybridized carbons (Fsp3) is 0.467. The van der Waals surface area contributed by atoms with Crippen molar-refractivity contribution in [2.75, 3.05) is 25.1 Å². The molecule has 166 valence electrons. The van der Waals surface area contributed by atoms with Gasteiger partial charge in [-0.3, -0.25) is 4.79 Å². The lowest BCUT2D eigenvalue weighted by Crippen LogP contribution is -2.59. The van der Waals surface area contributed by atoms with Gasteiger partial charge in [-0.25, -0.2) is 18.4 Å². The fourth-order valence-electron chi connectivity index (χ4n) is 2.01. The Labute approximate surface area is 163 Å². The third-order valence-electron chi connectivity index (χ3n) is 3.64. The van der Waals surface area contributed by atoms with Gasteiger partial charge in [0.15, 0.2) is 12.4 Å². The number of ether oxygens (including phenoxy) is 1. The maximum Gasteiger partial charge on any atom is 0.381 e. The van der Waals surface area contributed by atoms with Gasteiger partial charge >= 0.3 is 30.2 Å². The Bertz CT molecular complexity index is 862. The molecule has 0 amide bonds. The molecule has 0 bridgehead atoms. The number of nitrogens with zero attached hydrogens (tertiary/aromatic N) is 5. The second kappa shape index (κ2) is 8.39. The summed E-state index contributed by atoms with van der Waals surface area (Å²) >= 11 is 0. The van der Waals surface area contributed by atoms with Crippen LogP contribution in [0.15, 0.2) is 30.7 Å².